The Kier molecular flexibility index (Phi) is 7.13. The molecular formula is C22H25N5O4S2. The van der Waals surface area contributed by atoms with E-state index in [0.717, 1.165) is 16.9 Å². The number of sulfonamides is 1. The number of hydrogen-bond acceptors (Lipinski definition) is 7. The molecule has 1 heterocycles. The monoisotopic (exact) mass is 487 g/mol. The molecule has 3 rings (SSSR count). The van der Waals surface area contributed by atoms with Crippen molar-refractivity contribution in [1.82, 2.24) is 15.5 Å². The van der Waals surface area contributed by atoms with Crippen LogP contribution in [0.15, 0.2) is 58.9 Å². The number of benzene rings is 2. The number of nitrogens with zero attached hydrogens (tertiary/aromatic N) is 2. The van der Waals surface area contributed by atoms with Gasteiger partial charge in [-0.3, -0.25) is 14.3 Å². The van der Waals surface area contributed by atoms with E-state index in [1.54, 1.807) is 32.9 Å². The van der Waals surface area contributed by atoms with Crippen molar-refractivity contribution >= 4 is 44.0 Å². The Bertz CT molecular complexity index is 1250. The molecule has 0 bridgehead atoms. The average Bonchev–Trinajstić information content (AvgIpc) is 3.23. The van der Waals surface area contributed by atoms with E-state index in [-0.39, 0.29) is 32.7 Å². The number of hydrogen-bond donors (Lipinski definition) is 3. The minimum absolute atomic E-state index is 0.0676. The molecule has 2 aromatic carbocycles. The van der Waals surface area contributed by atoms with Crippen molar-refractivity contribution < 1.29 is 18.0 Å². The Hall–Kier alpha value is -3.31. The van der Waals surface area contributed by atoms with Gasteiger partial charge in [0.05, 0.1) is 17.3 Å². The Morgan fingerprint density at radius 2 is 1.61 bits per heavy atom. The Labute approximate surface area is 196 Å². The van der Waals surface area contributed by atoms with Crippen molar-refractivity contribution in [2.45, 2.75) is 38.1 Å². The zero-order chi connectivity index (χ0) is 24.2. The largest absolute Gasteiger partial charge is 0.345 e. The molecule has 0 aliphatic heterocycles. The molecule has 9 nitrogen and oxygen atoms in total. The minimum atomic E-state index is -4.14. The molecule has 0 radical (unpaired) electrons. The van der Waals surface area contributed by atoms with Crippen LogP contribution in [0.4, 0.5) is 10.8 Å². The summed E-state index contributed by atoms with van der Waals surface area (Å²) in [5, 5.41) is 12.9. The van der Waals surface area contributed by atoms with Crippen LogP contribution in [0.3, 0.4) is 0 Å². The van der Waals surface area contributed by atoms with Crippen LogP contribution in [0.1, 0.15) is 49.7 Å². The Balaban J connectivity index is 1.77. The topological polar surface area (TPSA) is 130 Å². The van der Waals surface area contributed by atoms with E-state index >= 15 is 0 Å². The van der Waals surface area contributed by atoms with Crippen LogP contribution in [0.5, 0.6) is 0 Å². The van der Waals surface area contributed by atoms with Gasteiger partial charge in [-0.05, 0) is 24.6 Å². The lowest BCUT2D eigenvalue weighted by Gasteiger charge is -2.16. The number of para-hydroxylation sites is 1. The molecule has 3 N–H and O–H groups in total. The third-order valence-corrected chi connectivity index (χ3v) is 7.17. The van der Waals surface area contributed by atoms with E-state index in [9.17, 15) is 18.0 Å². The minimum Gasteiger partial charge on any atom is -0.345 e. The number of amides is 2. The van der Waals surface area contributed by atoms with Gasteiger partial charge in [-0.25, -0.2) is 0 Å². The van der Waals surface area contributed by atoms with Gasteiger partial charge >= 0.3 is 0 Å². The molecule has 0 unspecified atom stereocenters. The molecule has 0 spiro atoms. The van der Waals surface area contributed by atoms with Crippen LogP contribution in [0.25, 0.3) is 0 Å². The van der Waals surface area contributed by atoms with Gasteiger partial charge in [-0.2, -0.15) is 8.42 Å². The fourth-order valence-electron chi connectivity index (χ4n) is 2.71. The molecule has 0 aliphatic carbocycles. The van der Waals surface area contributed by atoms with Crippen molar-refractivity contribution in [2.75, 3.05) is 10.0 Å². The first-order chi connectivity index (χ1) is 15.5. The first-order valence-corrected chi connectivity index (χ1v) is 12.4. The van der Waals surface area contributed by atoms with E-state index in [4.69, 9.17) is 0 Å². The van der Waals surface area contributed by atoms with Crippen LogP contribution >= 0.6 is 11.3 Å². The third-order valence-electron chi connectivity index (χ3n) is 4.60. The first kappa shape index (κ1) is 24.3. The highest BCUT2D eigenvalue weighted by atomic mass is 32.2. The SMILES string of the molecule is C[C@@H](NC(=O)c1ccccc1NS(=O)(=O)c1nnc(NC(=O)C(C)(C)C)s1)c1ccccc1. The molecule has 3 aromatic rings. The zero-order valence-electron chi connectivity index (χ0n) is 18.6. The molecular weight excluding hydrogens is 462 g/mol. The number of carbonyl (C=O) groups excluding carboxylic acids is 2. The van der Waals surface area contributed by atoms with Crippen molar-refractivity contribution in [1.29, 1.82) is 0 Å². The summed E-state index contributed by atoms with van der Waals surface area (Å²) < 4.78 is 27.8. The van der Waals surface area contributed by atoms with Gasteiger partial charge in [0.25, 0.3) is 20.3 Å². The van der Waals surface area contributed by atoms with Gasteiger partial charge in [0, 0.05) is 5.41 Å². The van der Waals surface area contributed by atoms with Crippen molar-refractivity contribution in [3.63, 3.8) is 0 Å². The summed E-state index contributed by atoms with van der Waals surface area (Å²) in [5.74, 6) is -0.745. The molecule has 0 fully saturated rings. The summed E-state index contributed by atoms with van der Waals surface area (Å²) >= 11 is 0.721. The predicted molar refractivity (Wildman–Crippen MR) is 128 cm³/mol. The van der Waals surface area contributed by atoms with E-state index in [0.29, 0.717) is 0 Å². The van der Waals surface area contributed by atoms with Crippen molar-refractivity contribution in [3.05, 3.63) is 65.7 Å². The van der Waals surface area contributed by atoms with Gasteiger partial charge < -0.3 is 10.6 Å². The molecule has 0 saturated carbocycles. The summed E-state index contributed by atoms with van der Waals surface area (Å²) in [5.41, 5.74) is 0.509. The Morgan fingerprint density at radius 3 is 2.27 bits per heavy atom. The fourth-order valence-corrected chi connectivity index (χ4v) is 4.69. The predicted octanol–water partition coefficient (Wildman–Crippen LogP) is 3.81. The lowest BCUT2D eigenvalue weighted by molar-refractivity contribution is -0.123. The first-order valence-electron chi connectivity index (χ1n) is 10.1. The van der Waals surface area contributed by atoms with Gasteiger partial charge in [0.15, 0.2) is 0 Å². The average molecular weight is 488 g/mol. The Morgan fingerprint density at radius 1 is 0.970 bits per heavy atom. The summed E-state index contributed by atoms with van der Waals surface area (Å²) in [6.45, 7) is 7.02. The normalized spacial score (nSPS) is 12.6. The maximum absolute atomic E-state index is 12.9. The molecule has 1 atom stereocenters. The van der Waals surface area contributed by atoms with E-state index in [1.165, 1.54) is 12.1 Å². The maximum Gasteiger partial charge on any atom is 0.291 e. The molecule has 1 aromatic heterocycles. The molecule has 11 heteroatoms. The second-order valence-corrected chi connectivity index (χ2v) is 11.2. The fraction of sp³-hybridized carbons (Fsp3) is 0.273. The number of rotatable bonds is 7. The second-order valence-electron chi connectivity index (χ2n) is 8.33. The number of anilines is 2. The summed E-state index contributed by atoms with van der Waals surface area (Å²) in [6.07, 6.45) is 0. The maximum atomic E-state index is 12.9. The smallest absolute Gasteiger partial charge is 0.291 e. The standard InChI is InChI=1S/C22H25N5O4S2/c1-14(15-10-6-5-7-11-15)23-18(28)16-12-8-9-13-17(16)27-33(30,31)21-26-25-20(32-21)24-19(29)22(2,3)4/h5-14,27H,1-4H3,(H,23,28)(H,24,25,29)/t14-/m1/s1. The van der Waals surface area contributed by atoms with Gasteiger partial charge in [-0.1, -0.05) is 74.6 Å². The molecule has 0 saturated heterocycles. The highest BCUT2D eigenvalue weighted by molar-refractivity contribution is 7.94. The molecule has 2 amide bonds. The number of nitrogens with one attached hydrogen (secondary N) is 3. The molecule has 174 valence electrons. The van der Waals surface area contributed by atoms with Gasteiger partial charge in [0.2, 0.25) is 11.0 Å². The van der Waals surface area contributed by atoms with Gasteiger partial charge in [0.1, 0.15) is 0 Å². The second kappa shape index (κ2) is 9.67. The van der Waals surface area contributed by atoms with Crippen molar-refractivity contribution in [3.8, 4) is 0 Å². The van der Waals surface area contributed by atoms with Crippen LogP contribution in [0.2, 0.25) is 0 Å². The summed E-state index contributed by atoms with van der Waals surface area (Å²) in [6, 6.07) is 15.4. The highest BCUT2D eigenvalue weighted by Gasteiger charge is 2.26. The van der Waals surface area contributed by atoms with E-state index in [1.807, 2.05) is 37.3 Å². The zero-order valence-corrected chi connectivity index (χ0v) is 20.3. The number of aromatic nitrogens is 2. The third kappa shape index (κ3) is 6.14. The lowest BCUT2D eigenvalue weighted by Crippen LogP contribution is -2.28. The van der Waals surface area contributed by atoms with E-state index < -0.39 is 21.3 Å². The molecule has 33 heavy (non-hydrogen) atoms. The van der Waals surface area contributed by atoms with Crippen LogP contribution in [-0.4, -0.2) is 30.4 Å². The number of carbonyl (C=O) groups is 2. The summed E-state index contributed by atoms with van der Waals surface area (Å²) in [4.78, 5) is 25.0. The van der Waals surface area contributed by atoms with E-state index in [2.05, 4.69) is 25.6 Å². The van der Waals surface area contributed by atoms with Crippen molar-refractivity contribution in [2.24, 2.45) is 5.41 Å². The van der Waals surface area contributed by atoms with Gasteiger partial charge in [-0.15, -0.1) is 10.2 Å². The van der Waals surface area contributed by atoms with Crippen LogP contribution in [0, 0.1) is 5.41 Å². The quantitative estimate of drug-likeness (QED) is 0.435. The van der Waals surface area contributed by atoms with Crippen LogP contribution < -0.4 is 15.4 Å². The summed E-state index contributed by atoms with van der Waals surface area (Å²) in [7, 11) is -4.14. The lowest BCUT2D eigenvalue weighted by atomic mass is 9.96. The highest BCUT2D eigenvalue weighted by Crippen LogP contribution is 2.26. The van der Waals surface area contributed by atoms with Crippen LogP contribution in [-0.2, 0) is 14.8 Å². The molecule has 0 aliphatic rings.